The number of hydrogen-bond acceptors (Lipinski definition) is 7. The van der Waals surface area contributed by atoms with Crippen LogP contribution >= 0.6 is 11.7 Å². The summed E-state index contributed by atoms with van der Waals surface area (Å²) in [5.41, 5.74) is 1.66. The number of carbonyl (C=O) groups excluding carboxylic acids is 2. The fourth-order valence-corrected chi connectivity index (χ4v) is 4.17. The number of sulfonamides is 1. The number of nitrogens with zero attached hydrogens (tertiary/aromatic N) is 2. The molecule has 0 radical (unpaired) electrons. The zero-order valence-electron chi connectivity index (χ0n) is 14.6. The predicted molar refractivity (Wildman–Crippen MR) is 104 cm³/mol. The number of benzene rings is 2. The van der Waals surface area contributed by atoms with Crippen LogP contribution < -0.4 is 15.4 Å². The van der Waals surface area contributed by atoms with E-state index in [4.69, 9.17) is 0 Å². The first-order valence-corrected chi connectivity index (χ1v) is 10.5. The van der Waals surface area contributed by atoms with Crippen molar-refractivity contribution < 1.29 is 18.0 Å². The Morgan fingerprint density at radius 1 is 0.893 bits per heavy atom. The molecule has 3 aromatic rings. The van der Waals surface area contributed by atoms with Gasteiger partial charge in [0.25, 0.3) is 0 Å². The normalized spacial score (nSPS) is 11.3. The van der Waals surface area contributed by atoms with Crippen LogP contribution in [0.3, 0.4) is 0 Å². The molecule has 2 amide bonds. The van der Waals surface area contributed by atoms with Gasteiger partial charge in [0, 0.05) is 19.6 Å². The van der Waals surface area contributed by atoms with E-state index < -0.39 is 21.8 Å². The smallest absolute Gasteiger partial charge is 0.309 e. The minimum Gasteiger partial charge on any atom is -0.347 e. The highest BCUT2D eigenvalue weighted by atomic mass is 32.2. The lowest BCUT2D eigenvalue weighted by molar-refractivity contribution is -0.139. The summed E-state index contributed by atoms with van der Waals surface area (Å²) in [4.78, 5) is 23.6. The van der Waals surface area contributed by atoms with E-state index in [1.807, 2.05) is 30.3 Å². The van der Waals surface area contributed by atoms with Crippen LogP contribution in [0.2, 0.25) is 0 Å². The molecular weight excluding hydrogens is 402 g/mol. The Hall–Kier alpha value is -2.89. The van der Waals surface area contributed by atoms with E-state index in [9.17, 15) is 18.0 Å². The maximum Gasteiger partial charge on any atom is 0.309 e. The molecule has 0 spiro atoms. The third-order valence-electron chi connectivity index (χ3n) is 3.74. The Morgan fingerprint density at radius 2 is 1.64 bits per heavy atom. The lowest BCUT2D eigenvalue weighted by atomic mass is 10.2. The van der Waals surface area contributed by atoms with Crippen molar-refractivity contribution in [2.75, 3.05) is 13.1 Å². The topological polar surface area (TPSA) is 130 Å². The molecule has 146 valence electrons. The van der Waals surface area contributed by atoms with Gasteiger partial charge in [-0.15, -0.1) is 0 Å². The van der Waals surface area contributed by atoms with Gasteiger partial charge in [0.1, 0.15) is 15.9 Å². The standard InChI is InChI=1S/C17H17N5O4S2/c23-16(17(24)19-11-12-5-2-1-3-6-12)18-9-10-20-28(25,26)14-8-4-7-13-15(14)22-27-21-13/h1-8,20H,9-11H2,(H,18,23)(H,19,24). The SMILES string of the molecule is O=C(NCCNS(=O)(=O)c1cccc2nsnc12)C(=O)NCc1ccccc1. The molecule has 1 aromatic heterocycles. The number of fused-ring (bicyclic) bond motifs is 1. The average molecular weight is 419 g/mol. The maximum atomic E-state index is 12.4. The Bertz CT molecular complexity index is 1080. The molecule has 0 saturated carbocycles. The first-order chi connectivity index (χ1) is 13.5. The van der Waals surface area contributed by atoms with Crippen LogP contribution in [0.5, 0.6) is 0 Å². The van der Waals surface area contributed by atoms with E-state index in [0.29, 0.717) is 11.0 Å². The molecule has 0 fully saturated rings. The van der Waals surface area contributed by atoms with E-state index >= 15 is 0 Å². The molecule has 0 aliphatic carbocycles. The molecule has 0 aliphatic rings. The third kappa shape index (κ3) is 4.88. The van der Waals surface area contributed by atoms with Gasteiger partial charge in [-0.2, -0.15) is 8.75 Å². The summed E-state index contributed by atoms with van der Waals surface area (Å²) in [7, 11) is -3.82. The lowest BCUT2D eigenvalue weighted by Crippen LogP contribution is -2.42. The largest absolute Gasteiger partial charge is 0.347 e. The van der Waals surface area contributed by atoms with E-state index in [-0.39, 0.29) is 24.5 Å². The minimum atomic E-state index is -3.82. The fourth-order valence-electron chi connectivity index (χ4n) is 2.38. The zero-order chi connectivity index (χ0) is 20.0. The zero-order valence-corrected chi connectivity index (χ0v) is 16.2. The highest BCUT2D eigenvalue weighted by molar-refractivity contribution is 7.89. The second-order valence-corrected chi connectivity index (χ2v) is 7.97. The summed E-state index contributed by atoms with van der Waals surface area (Å²) in [5, 5.41) is 4.87. The number of amides is 2. The molecule has 3 rings (SSSR count). The summed E-state index contributed by atoms with van der Waals surface area (Å²) in [6.45, 7) is 0.113. The molecule has 0 saturated heterocycles. The molecule has 28 heavy (non-hydrogen) atoms. The van der Waals surface area contributed by atoms with Gasteiger partial charge < -0.3 is 10.6 Å². The second-order valence-electron chi connectivity index (χ2n) is 5.71. The van der Waals surface area contributed by atoms with Gasteiger partial charge in [-0.05, 0) is 17.7 Å². The van der Waals surface area contributed by atoms with E-state index in [0.717, 1.165) is 17.3 Å². The first kappa shape index (κ1) is 19.9. The van der Waals surface area contributed by atoms with Crippen molar-refractivity contribution in [2.45, 2.75) is 11.4 Å². The van der Waals surface area contributed by atoms with Crippen LogP contribution in [-0.4, -0.2) is 42.1 Å². The minimum absolute atomic E-state index is 0.0191. The van der Waals surface area contributed by atoms with E-state index in [1.54, 1.807) is 12.1 Å². The Kier molecular flexibility index (Phi) is 6.29. The summed E-state index contributed by atoms with van der Waals surface area (Å²) in [5.74, 6) is -1.62. The van der Waals surface area contributed by atoms with Crippen molar-refractivity contribution in [2.24, 2.45) is 0 Å². The fraction of sp³-hybridized carbons (Fsp3) is 0.176. The highest BCUT2D eigenvalue weighted by Crippen LogP contribution is 2.20. The molecule has 0 bridgehead atoms. The van der Waals surface area contributed by atoms with Crippen molar-refractivity contribution in [3.05, 3.63) is 54.1 Å². The van der Waals surface area contributed by atoms with Gasteiger partial charge in [-0.1, -0.05) is 36.4 Å². The van der Waals surface area contributed by atoms with Crippen LogP contribution in [-0.2, 0) is 26.2 Å². The molecule has 11 heteroatoms. The number of aromatic nitrogens is 2. The number of rotatable bonds is 7. The van der Waals surface area contributed by atoms with Crippen LogP contribution in [0.15, 0.2) is 53.4 Å². The van der Waals surface area contributed by atoms with Crippen molar-refractivity contribution in [3.8, 4) is 0 Å². The highest BCUT2D eigenvalue weighted by Gasteiger charge is 2.19. The van der Waals surface area contributed by atoms with E-state index in [2.05, 4.69) is 24.1 Å². The average Bonchev–Trinajstić information content (AvgIpc) is 3.18. The number of nitrogens with one attached hydrogen (secondary N) is 3. The van der Waals surface area contributed by atoms with Crippen LogP contribution in [0.25, 0.3) is 11.0 Å². The summed E-state index contributed by atoms with van der Waals surface area (Å²) < 4.78 is 35.2. The summed E-state index contributed by atoms with van der Waals surface area (Å²) in [6, 6.07) is 13.8. The Balaban J connectivity index is 1.46. The van der Waals surface area contributed by atoms with Crippen molar-refractivity contribution in [3.63, 3.8) is 0 Å². The molecule has 0 unspecified atom stereocenters. The Morgan fingerprint density at radius 3 is 2.43 bits per heavy atom. The maximum absolute atomic E-state index is 12.4. The van der Waals surface area contributed by atoms with Gasteiger partial charge in [0.15, 0.2) is 0 Å². The molecule has 1 heterocycles. The first-order valence-electron chi connectivity index (χ1n) is 8.28. The molecular formula is C17H17N5O4S2. The lowest BCUT2D eigenvalue weighted by Gasteiger charge is -2.09. The summed E-state index contributed by atoms with van der Waals surface area (Å²) in [6.07, 6.45) is 0. The van der Waals surface area contributed by atoms with Crippen molar-refractivity contribution >= 4 is 44.6 Å². The van der Waals surface area contributed by atoms with Crippen LogP contribution in [0, 0.1) is 0 Å². The van der Waals surface area contributed by atoms with E-state index in [1.165, 1.54) is 6.07 Å². The molecule has 0 aliphatic heterocycles. The number of hydrogen-bond donors (Lipinski definition) is 3. The second kappa shape index (κ2) is 8.87. The van der Waals surface area contributed by atoms with Crippen molar-refractivity contribution in [1.82, 2.24) is 24.1 Å². The van der Waals surface area contributed by atoms with Crippen LogP contribution in [0.1, 0.15) is 5.56 Å². The number of carbonyl (C=O) groups is 2. The summed E-state index contributed by atoms with van der Waals surface area (Å²) >= 11 is 0.928. The van der Waals surface area contributed by atoms with Gasteiger partial charge in [0.2, 0.25) is 10.0 Å². The van der Waals surface area contributed by atoms with Gasteiger partial charge in [-0.25, -0.2) is 13.1 Å². The molecule has 9 nitrogen and oxygen atoms in total. The molecule has 0 atom stereocenters. The van der Waals surface area contributed by atoms with Crippen molar-refractivity contribution in [1.29, 1.82) is 0 Å². The quantitative estimate of drug-likeness (QED) is 0.375. The van der Waals surface area contributed by atoms with Gasteiger partial charge in [0.05, 0.1) is 11.7 Å². The van der Waals surface area contributed by atoms with Crippen LogP contribution in [0.4, 0.5) is 0 Å². The van der Waals surface area contributed by atoms with Gasteiger partial charge in [-0.3, -0.25) is 9.59 Å². The monoisotopic (exact) mass is 419 g/mol. The molecule has 3 N–H and O–H groups in total. The molecule has 2 aromatic carbocycles. The third-order valence-corrected chi connectivity index (χ3v) is 5.78. The van der Waals surface area contributed by atoms with Gasteiger partial charge >= 0.3 is 11.8 Å². The Labute approximate surface area is 165 Å². The predicted octanol–water partition coefficient (Wildman–Crippen LogP) is 0.402.